The van der Waals surface area contributed by atoms with Gasteiger partial charge in [-0.15, -0.1) is 11.3 Å². The first-order valence-electron chi connectivity index (χ1n) is 45.4. The fourth-order valence-corrected chi connectivity index (χ4v) is 17.8. The topological polar surface area (TPSA) is 34.4 Å². The lowest BCUT2D eigenvalue weighted by Gasteiger charge is -2.45. The van der Waals surface area contributed by atoms with Crippen LogP contribution in [0, 0.1) is 0 Å². The Bertz CT molecular complexity index is 7990. The second-order valence-electron chi connectivity index (χ2n) is 30.5. The van der Waals surface area contributed by atoms with Crippen LogP contribution in [0.25, 0.3) is 136 Å². The predicted octanol–water partition coefficient (Wildman–Crippen LogP) is 24.9. The van der Waals surface area contributed by atoms with E-state index in [4.69, 9.17) is 16.8 Å². The summed E-state index contributed by atoms with van der Waals surface area (Å²) in [5.74, 6) is 0. The van der Waals surface area contributed by atoms with Crippen molar-refractivity contribution in [2.24, 2.45) is 0 Å². The molecule has 0 N–H and O–H groups in total. The number of anilines is 6. The van der Waals surface area contributed by atoms with E-state index in [-0.39, 0.29) is 65.7 Å². The molecule has 7 heterocycles. The van der Waals surface area contributed by atoms with Crippen LogP contribution in [-0.4, -0.2) is 20.4 Å². The molecule has 0 bridgehead atoms. The highest BCUT2D eigenvalue weighted by Gasteiger charge is 2.46. The van der Waals surface area contributed by atoms with Crippen LogP contribution in [0.4, 0.5) is 34.1 Å². The average molecular weight is 1380 g/mol. The van der Waals surface area contributed by atoms with Crippen molar-refractivity contribution in [3.8, 4) is 28.2 Å². The summed E-state index contributed by atoms with van der Waals surface area (Å²) in [7, 11) is 0. The number of rotatable bonds is 6. The van der Waals surface area contributed by atoms with Gasteiger partial charge in [0.15, 0.2) is 11.2 Å². The third-order valence-corrected chi connectivity index (χ3v) is 22.7. The molecule has 0 fully saturated rings. The quantitative estimate of drug-likeness (QED) is 0.156. The van der Waals surface area contributed by atoms with E-state index in [2.05, 4.69) is 137 Å². The Morgan fingerprint density at radius 2 is 0.740 bits per heavy atom. The molecule has 21 rings (SSSR count). The number of thiophene rings is 1. The molecule has 14 aromatic carbocycles. The van der Waals surface area contributed by atoms with Gasteiger partial charge in [0.2, 0.25) is 0 Å². The van der Waals surface area contributed by atoms with Gasteiger partial charge in [-0.1, -0.05) is 244 Å². The first-order chi connectivity index (χ1) is 59.2. The van der Waals surface area contributed by atoms with Crippen LogP contribution < -0.4 is 26.2 Å². The van der Waals surface area contributed by atoms with E-state index in [9.17, 15) is 16.4 Å². The zero-order valence-electron chi connectivity index (χ0n) is 79.1. The summed E-state index contributed by atoms with van der Waals surface area (Å²) in [5, 5.41) is 4.72. The van der Waals surface area contributed by atoms with Crippen LogP contribution in [0.1, 0.15) is 108 Å². The second kappa shape index (κ2) is 21.9. The SMILES string of the molecule is [2H]c1c([2H])c([2H])c(-c2ccc3c(c2)N(c2cccc4c2oc2c(-n5c6ccc(C(C)(C)C)cc6c6cc(C(C)(C)C)ccc65)cccc24)c2cc(C(C)(C)C)cc4c2B3c2ccc(-n3c5c([2H])c([2H])c([2H])c([2H])c5c5c([2H])c([2H])c([2H])c([2H])c53)cc2N4c2cccc3c2sc2c(-n4c5c([2H])c([2H])c([2H])c([2H])c5c5c([2H])c([2H])c([2H])c([2H])c54)cccc23)c([2H])c1[2H]. The molecular weight excluding hydrogens is 1280 g/mol. The fourth-order valence-electron chi connectivity index (χ4n) is 16.5. The number of hydrogen-bond acceptors (Lipinski definition) is 4. The first-order valence-corrected chi connectivity index (χ1v) is 35.7. The van der Waals surface area contributed by atoms with Crippen molar-refractivity contribution in [3.63, 3.8) is 0 Å². The molecule has 104 heavy (non-hydrogen) atoms. The van der Waals surface area contributed by atoms with E-state index in [1.807, 2.05) is 72.8 Å². The van der Waals surface area contributed by atoms with Gasteiger partial charge >= 0.3 is 0 Å². The number of furan rings is 1. The van der Waals surface area contributed by atoms with Crippen LogP contribution in [0.5, 0.6) is 0 Å². The van der Waals surface area contributed by atoms with Crippen molar-refractivity contribution in [2.75, 3.05) is 9.80 Å². The highest BCUT2D eigenvalue weighted by Crippen LogP contribution is 2.54. The van der Waals surface area contributed by atoms with Crippen LogP contribution in [-0.2, 0) is 16.2 Å². The van der Waals surface area contributed by atoms with E-state index >= 15 is 0 Å². The van der Waals surface area contributed by atoms with Gasteiger partial charge in [-0.2, -0.15) is 0 Å². The summed E-state index contributed by atoms with van der Waals surface area (Å²) in [5.41, 5.74) is 12.1. The van der Waals surface area contributed by atoms with Crippen LogP contribution in [0.15, 0.2) is 289 Å². The lowest BCUT2D eigenvalue weighted by atomic mass is 9.33. The van der Waals surface area contributed by atoms with E-state index < -0.39 is 139 Å². The number of para-hydroxylation sites is 6. The number of benzene rings is 14. The third-order valence-electron chi connectivity index (χ3n) is 21.5. The molecule has 6 nitrogen and oxygen atoms in total. The van der Waals surface area contributed by atoms with Gasteiger partial charge < -0.3 is 27.9 Å². The van der Waals surface area contributed by atoms with Gasteiger partial charge in [-0.05, 0) is 163 Å². The van der Waals surface area contributed by atoms with E-state index in [0.717, 1.165) is 49.3 Å². The smallest absolute Gasteiger partial charge is 0.252 e. The van der Waals surface area contributed by atoms with Gasteiger partial charge in [0.05, 0.1) is 94.0 Å². The Balaban J connectivity index is 0.894. The minimum absolute atomic E-state index is 0.0378. The number of aromatic nitrogens is 3. The second-order valence-corrected chi connectivity index (χ2v) is 31.5. The third kappa shape index (κ3) is 8.75. The van der Waals surface area contributed by atoms with Crippen molar-refractivity contribution in [2.45, 2.75) is 78.6 Å². The summed E-state index contributed by atoms with van der Waals surface area (Å²) in [6.45, 7) is 18.8. The Kier molecular flexibility index (Phi) is 9.08. The minimum atomic E-state index is -0.792. The van der Waals surface area contributed by atoms with Gasteiger partial charge in [0.25, 0.3) is 6.71 Å². The maximum atomic E-state index is 9.78. The first kappa shape index (κ1) is 43.2. The number of hydrogen-bond donors (Lipinski definition) is 0. The molecule has 0 saturated heterocycles. The molecule has 0 atom stereocenters. The Morgan fingerprint density at radius 3 is 1.29 bits per heavy atom. The molecule has 498 valence electrons. The minimum Gasteiger partial charge on any atom is -0.452 e. The molecule has 2 aliphatic rings. The molecule has 5 aromatic heterocycles. The molecule has 0 aliphatic carbocycles. The van der Waals surface area contributed by atoms with Gasteiger partial charge in [0, 0.05) is 82.3 Å². The summed E-state index contributed by atoms with van der Waals surface area (Å²) < 4.78 is 209. The van der Waals surface area contributed by atoms with Crippen molar-refractivity contribution >= 4 is 176 Å². The lowest BCUT2D eigenvalue weighted by Crippen LogP contribution is -2.61. The molecule has 0 saturated carbocycles. The van der Waals surface area contributed by atoms with Crippen LogP contribution in [0.3, 0.4) is 0 Å². The average Bonchev–Trinajstić information content (AvgIpc) is 1.57. The van der Waals surface area contributed by atoms with Crippen molar-refractivity contribution in [3.05, 3.63) is 301 Å². The van der Waals surface area contributed by atoms with E-state index in [0.29, 0.717) is 87.6 Å². The van der Waals surface area contributed by atoms with Crippen LogP contribution >= 0.6 is 11.3 Å². The van der Waals surface area contributed by atoms with E-state index in [1.165, 1.54) is 31.6 Å². The number of fused-ring (bicyclic) bond motifs is 19. The number of nitrogens with zero attached hydrogens (tertiary/aromatic N) is 5. The molecule has 0 amide bonds. The van der Waals surface area contributed by atoms with Crippen molar-refractivity contribution in [1.29, 1.82) is 0 Å². The molecule has 8 heteroatoms. The highest BCUT2D eigenvalue weighted by molar-refractivity contribution is 7.27. The normalized spacial score (nSPS) is 16.2. The van der Waals surface area contributed by atoms with Crippen LogP contribution in [0.2, 0.25) is 0 Å². The zero-order valence-corrected chi connectivity index (χ0v) is 59.0. The molecule has 0 unspecified atom stereocenters. The van der Waals surface area contributed by atoms with E-state index in [1.54, 1.807) is 24.3 Å². The van der Waals surface area contributed by atoms with Crippen molar-refractivity contribution < 1.29 is 33.2 Å². The monoisotopic (exact) mass is 1380 g/mol. The highest BCUT2D eigenvalue weighted by atomic mass is 32.1. The van der Waals surface area contributed by atoms with Gasteiger partial charge in [-0.25, -0.2) is 0 Å². The molecule has 19 aromatic rings. The molecule has 2 aliphatic heterocycles. The maximum absolute atomic E-state index is 9.78. The largest absolute Gasteiger partial charge is 0.452 e. The predicted molar refractivity (Wildman–Crippen MR) is 445 cm³/mol. The maximum Gasteiger partial charge on any atom is 0.252 e. The fraction of sp³-hybridized carbons (Fsp3) is 0.125. The summed E-state index contributed by atoms with van der Waals surface area (Å²) in [4.78, 5) is 4.30. The van der Waals surface area contributed by atoms with Gasteiger partial charge in [0.1, 0.15) is 0 Å². The molecular formula is C96H74BN5OS. The summed E-state index contributed by atoms with van der Waals surface area (Å²) in [6, 6.07) is 41.4. The summed E-state index contributed by atoms with van der Waals surface area (Å²) in [6.07, 6.45) is 0. The molecule has 0 spiro atoms. The lowest BCUT2D eigenvalue weighted by molar-refractivity contribution is 0.590. The Labute approximate surface area is 638 Å². The van der Waals surface area contributed by atoms with Gasteiger partial charge in [-0.3, -0.25) is 0 Å². The van der Waals surface area contributed by atoms with Crippen molar-refractivity contribution in [1.82, 2.24) is 13.7 Å². The summed E-state index contributed by atoms with van der Waals surface area (Å²) >= 11 is 1.35. The Morgan fingerprint density at radius 1 is 0.308 bits per heavy atom. The Hall–Kier alpha value is -11.8. The standard InChI is InChI=1S/C96H74BN5OS/c1-94(2,3)59-44-49-79-71(52-59)72-53-60(95(4,5)6)45-50-80(72)99(79)81-39-21-31-67-68-32-22-40-82(91(68)103-90(67)81)101-85-51-58(57-25-11-10-12-26-57)43-47-73(85)97-74-48-46-62(98-75-35-17-13-27-63(75)64-28-14-18-36-76(64)98)56-86(74)102(88-55-61(96(7,8)9)54-87(101)89(88)97)84-42-24-34-70-69-33-23-41-83(92(69)104-93(70)84)100-77-37-19-15-29-65(77)66-30-16-20-38-78(66)100/h10-56H,1-9H3/i10D,11D,12D,13D,14D,15D,16D,17D,18D,19D,20D,25D,26D,27D,28D,29D,30D,35D,36D,37D,38D. The molecule has 0 radical (unpaired) electrons. The zero-order chi connectivity index (χ0) is 88.2.